The third kappa shape index (κ3) is 3.54. The van der Waals surface area contributed by atoms with E-state index in [1.807, 2.05) is 12.1 Å². The number of rotatable bonds is 4. The number of likely N-dealkylation sites (tertiary alicyclic amines) is 1. The molecule has 6 heteroatoms. The van der Waals surface area contributed by atoms with E-state index in [2.05, 4.69) is 27.5 Å². The maximum Gasteiger partial charge on any atom is 0.220 e. The van der Waals surface area contributed by atoms with Gasteiger partial charge in [-0.1, -0.05) is 0 Å². The van der Waals surface area contributed by atoms with Gasteiger partial charge >= 0.3 is 0 Å². The number of aromatic hydroxyl groups is 1. The molecule has 1 heterocycles. The predicted molar refractivity (Wildman–Crippen MR) is 84.6 cm³/mol. The van der Waals surface area contributed by atoms with Crippen LogP contribution in [0.2, 0.25) is 0 Å². The van der Waals surface area contributed by atoms with E-state index in [1.165, 1.54) is 0 Å². The van der Waals surface area contributed by atoms with Crippen LogP contribution in [-0.4, -0.2) is 36.1 Å². The zero-order valence-corrected chi connectivity index (χ0v) is 13.6. The van der Waals surface area contributed by atoms with Crippen molar-refractivity contribution in [1.29, 1.82) is 0 Å². The van der Waals surface area contributed by atoms with Gasteiger partial charge < -0.3 is 15.6 Å². The van der Waals surface area contributed by atoms with Gasteiger partial charge in [-0.2, -0.15) is 0 Å². The molecular weight excluding hydrogens is 371 g/mol. The molecule has 110 valence electrons. The van der Waals surface area contributed by atoms with E-state index in [0.717, 1.165) is 41.6 Å². The number of carbonyl (C=O) groups is 1. The van der Waals surface area contributed by atoms with E-state index in [-0.39, 0.29) is 17.6 Å². The second kappa shape index (κ2) is 6.62. The van der Waals surface area contributed by atoms with Crippen molar-refractivity contribution in [2.75, 3.05) is 20.2 Å². The van der Waals surface area contributed by atoms with Crippen molar-refractivity contribution in [3.05, 3.63) is 21.3 Å². The Kier molecular flexibility index (Phi) is 5.09. The Morgan fingerprint density at radius 1 is 1.50 bits per heavy atom. The monoisotopic (exact) mass is 390 g/mol. The SMILES string of the molecule is COc1cc(CN2CCC(C(N)=O)CC2)cc(I)c1O. The highest BCUT2D eigenvalue weighted by Crippen LogP contribution is 2.33. The fraction of sp³-hybridized carbons (Fsp3) is 0.500. The van der Waals surface area contributed by atoms with Gasteiger partial charge in [-0.25, -0.2) is 0 Å². The number of halogens is 1. The average molecular weight is 390 g/mol. The van der Waals surface area contributed by atoms with E-state index >= 15 is 0 Å². The maximum atomic E-state index is 11.1. The van der Waals surface area contributed by atoms with Crippen molar-refractivity contribution < 1.29 is 14.6 Å². The first kappa shape index (κ1) is 15.4. The average Bonchev–Trinajstić information content (AvgIpc) is 2.43. The molecule has 0 unspecified atom stereocenters. The molecule has 0 bridgehead atoms. The van der Waals surface area contributed by atoms with Crippen LogP contribution in [0.5, 0.6) is 11.5 Å². The Balaban J connectivity index is 2.01. The number of nitrogens with zero attached hydrogens (tertiary/aromatic N) is 1. The molecule has 5 nitrogen and oxygen atoms in total. The normalized spacial score (nSPS) is 17.1. The fourth-order valence-corrected chi connectivity index (χ4v) is 3.17. The zero-order chi connectivity index (χ0) is 14.7. The Morgan fingerprint density at radius 3 is 2.70 bits per heavy atom. The summed E-state index contributed by atoms with van der Waals surface area (Å²) in [6.45, 7) is 2.53. The molecule has 1 aromatic carbocycles. The number of piperidine rings is 1. The molecule has 1 saturated heterocycles. The Morgan fingerprint density at radius 2 is 2.15 bits per heavy atom. The summed E-state index contributed by atoms with van der Waals surface area (Å²) in [6, 6.07) is 3.82. The number of methoxy groups -OCH3 is 1. The van der Waals surface area contributed by atoms with Gasteiger partial charge in [0.2, 0.25) is 5.91 Å². The Hall–Kier alpha value is -1.02. The molecule has 0 spiro atoms. The molecule has 1 aliphatic heterocycles. The number of hydrogen-bond acceptors (Lipinski definition) is 4. The number of phenols is 1. The third-order valence-corrected chi connectivity index (χ3v) is 4.53. The maximum absolute atomic E-state index is 11.1. The number of ether oxygens (including phenoxy) is 1. The standard InChI is InChI=1S/C14H19IN2O3/c1-20-12-7-9(6-11(15)13(12)18)8-17-4-2-10(3-5-17)14(16)19/h6-7,10,18H,2-5,8H2,1H3,(H2,16,19). The van der Waals surface area contributed by atoms with Gasteiger partial charge in [-0.3, -0.25) is 9.69 Å². The highest BCUT2D eigenvalue weighted by molar-refractivity contribution is 14.1. The van der Waals surface area contributed by atoms with Crippen LogP contribution in [-0.2, 0) is 11.3 Å². The lowest BCUT2D eigenvalue weighted by molar-refractivity contribution is -0.123. The Labute approximate surface area is 132 Å². The van der Waals surface area contributed by atoms with Gasteiger partial charge in [0.25, 0.3) is 0 Å². The van der Waals surface area contributed by atoms with Gasteiger partial charge in [0.15, 0.2) is 11.5 Å². The van der Waals surface area contributed by atoms with E-state index < -0.39 is 0 Å². The fourth-order valence-electron chi connectivity index (χ4n) is 2.51. The van der Waals surface area contributed by atoms with E-state index in [1.54, 1.807) is 7.11 Å². The number of hydrogen-bond donors (Lipinski definition) is 2. The third-order valence-electron chi connectivity index (χ3n) is 3.70. The highest BCUT2D eigenvalue weighted by Gasteiger charge is 2.23. The van der Waals surface area contributed by atoms with Crippen molar-refractivity contribution in [1.82, 2.24) is 4.90 Å². The summed E-state index contributed by atoms with van der Waals surface area (Å²) in [4.78, 5) is 13.4. The molecular formula is C14H19IN2O3. The molecule has 0 aliphatic carbocycles. The summed E-state index contributed by atoms with van der Waals surface area (Å²) in [5.74, 6) is 0.509. The van der Waals surface area contributed by atoms with Crippen molar-refractivity contribution in [2.45, 2.75) is 19.4 Å². The summed E-state index contributed by atoms with van der Waals surface area (Å²) in [7, 11) is 1.55. The molecule has 1 aliphatic rings. The van der Waals surface area contributed by atoms with Crippen LogP contribution in [0.4, 0.5) is 0 Å². The van der Waals surface area contributed by atoms with Gasteiger partial charge in [0, 0.05) is 12.5 Å². The molecule has 0 radical (unpaired) electrons. The van der Waals surface area contributed by atoms with Gasteiger partial charge in [-0.05, 0) is 66.2 Å². The first-order chi connectivity index (χ1) is 9.51. The largest absolute Gasteiger partial charge is 0.504 e. The summed E-state index contributed by atoms with van der Waals surface area (Å²) in [5, 5.41) is 9.83. The van der Waals surface area contributed by atoms with Crippen LogP contribution in [0.3, 0.4) is 0 Å². The number of amides is 1. The number of carbonyl (C=O) groups excluding carboxylic acids is 1. The molecule has 20 heavy (non-hydrogen) atoms. The van der Waals surface area contributed by atoms with Crippen LogP contribution >= 0.6 is 22.6 Å². The second-order valence-corrected chi connectivity index (χ2v) is 6.24. The van der Waals surface area contributed by atoms with E-state index in [0.29, 0.717) is 5.75 Å². The quantitative estimate of drug-likeness (QED) is 0.768. The Bertz CT molecular complexity index is 499. The molecule has 1 fully saturated rings. The van der Waals surface area contributed by atoms with Crippen LogP contribution in [0.1, 0.15) is 18.4 Å². The molecule has 1 aromatic rings. The molecule has 0 atom stereocenters. The smallest absolute Gasteiger partial charge is 0.220 e. The second-order valence-electron chi connectivity index (χ2n) is 5.08. The van der Waals surface area contributed by atoms with E-state index in [4.69, 9.17) is 10.5 Å². The summed E-state index contributed by atoms with van der Waals surface area (Å²) in [6.07, 6.45) is 1.64. The molecule has 0 aromatic heterocycles. The van der Waals surface area contributed by atoms with Gasteiger partial charge in [0.1, 0.15) is 0 Å². The van der Waals surface area contributed by atoms with Gasteiger partial charge in [0.05, 0.1) is 10.7 Å². The number of benzene rings is 1. The first-order valence-corrected chi connectivity index (χ1v) is 7.66. The zero-order valence-electron chi connectivity index (χ0n) is 11.4. The minimum atomic E-state index is -0.189. The van der Waals surface area contributed by atoms with Crippen molar-refractivity contribution in [3.8, 4) is 11.5 Å². The van der Waals surface area contributed by atoms with Crippen LogP contribution in [0.15, 0.2) is 12.1 Å². The summed E-state index contributed by atoms with van der Waals surface area (Å²) < 4.78 is 5.95. The minimum Gasteiger partial charge on any atom is -0.504 e. The summed E-state index contributed by atoms with van der Waals surface area (Å²) in [5.41, 5.74) is 6.44. The molecule has 3 N–H and O–H groups in total. The van der Waals surface area contributed by atoms with Crippen molar-refractivity contribution >= 4 is 28.5 Å². The predicted octanol–water partition coefficient (Wildman–Crippen LogP) is 1.70. The van der Waals surface area contributed by atoms with Crippen molar-refractivity contribution in [2.24, 2.45) is 11.7 Å². The molecule has 1 amide bonds. The molecule has 0 saturated carbocycles. The van der Waals surface area contributed by atoms with Crippen LogP contribution in [0, 0.1) is 9.49 Å². The highest BCUT2D eigenvalue weighted by atomic mass is 127. The van der Waals surface area contributed by atoms with Crippen molar-refractivity contribution in [3.63, 3.8) is 0 Å². The number of phenolic OH excluding ortho intramolecular Hbond substituents is 1. The number of nitrogens with two attached hydrogens (primary N) is 1. The summed E-state index contributed by atoms with van der Waals surface area (Å²) >= 11 is 2.10. The molecule has 2 rings (SSSR count). The lowest BCUT2D eigenvalue weighted by atomic mass is 9.96. The lowest BCUT2D eigenvalue weighted by Crippen LogP contribution is -2.38. The first-order valence-electron chi connectivity index (χ1n) is 6.58. The minimum absolute atomic E-state index is 0.0146. The van der Waals surface area contributed by atoms with Crippen LogP contribution < -0.4 is 10.5 Å². The van der Waals surface area contributed by atoms with Crippen LogP contribution in [0.25, 0.3) is 0 Å². The lowest BCUT2D eigenvalue weighted by Gasteiger charge is -2.30. The number of primary amides is 1. The van der Waals surface area contributed by atoms with E-state index in [9.17, 15) is 9.90 Å². The van der Waals surface area contributed by atoms with Gasteiger partial charge in [-0.15, -0.1) is 0 Å². The topological polar surface area (TPSA) is 75.8 Å².